The molecule has 0 bridgehead atoms. The summed E-state index contributed by atoms with van der Waals surface area (Å²) in [5.74, 6) is -0.212. The van der Waals surface area contributed by atoms with E-state index in [9.17, 15) is 19.5 Å². The molecule has 4 N–H and O–H groups in total. The van der Waals surface area contributed by atoms with Gasteiger partial charge in [0.15, 0.2) is 0 Å². The fourth-order valence-corrected chi connectivity index (χ4v) is 3.38. The van der Waals surface area contributed by atoms with Crippen LogP contribution in [0.15, 0.2) is 52.2 Å². The summed E-state index contributed by atoms with van der Waals surface area (Å²) in [6.07, 6.45) is 2.53. The largest absolute Gasteiger partial charge is 0.393 e. The second-order valence-corrected chi connectivity index (χ2v) is 6.76. The Kier molecular flexibility index (Phi) is 4.33. The molecule has 138 valence electrons. The highest BCUT2D eigenvalue weighted by Crippen LogP contribution is 2.37. The molecular weight excluding hydrogens is 348 g/mol. The summed E-state index contributed by atoms with van der Waals surface area (Å²) in [4.78, 5) is 45.0. The molecule has 8 nitrogen and oxygen atoms in total. The van der Waals surface area contributed by atoms with Gasteiger partial charge in [0.05, 0.1) is 28.9 Å². The number of amides is 1. The van der Waals surface area contributed by atoms with E-state index in [1.54, 1.807) is 24.4 Å². The van der Waals surface area contributed by atoms with E-state index in [1.165, 1.54) is 6.07 Å². The van der Waals surface area contributed by atoms with Gasteiger partial charge >= 0.3 is 11.1 Å². The van der Waals surface area contributed by atoms with E-state index < -0.39 is 11.1 Å². The Morgan fingerprint density at radius 2 is 1.85 bits per heavy atom. The number of H-pyrrole nitrogens is 2. The first-order valence-corrected chi connectivity index (χ1v) is 8.67. The molecule has 4 rings (SSSR count). The molecule has 1 aromatic carbocycles. The molecule has 0 aliphatic heterocycles. The monoisotopic (exact) mass is 366 g/mol. The number of hydrogen-bond donors (Lipinski definition) is 4. The molecule has 1 saturated carbocycles. The number of rotatable bonds is 4. The van der Waals surface area contributed by atoms with E-state index in [0.717, 1.165) is 5.69 Å². The van der Waals surface area contributed by atoms with Gasteiger partial charge in [-0.1, -0.05) is 6.07 Å². The molecule has 0 radical (unpaired) electrons. The van der Waals surface area contributed by atoms with Crippen molar-refractivity contribution in [1.82, 2.24) is 20.3 Å². The van der Waals surface area contributed by atoms with Crippen LogP contribution in [0.2, 0.25) is 0 Å². The Labute approximate surface area is 153 Å². The van der Waals surface area contributed by atoms with Crippen LogP contribution in [0, 0.1) is 5.92 Å². The normalized spacial score (nSPS) is 20.0. The number of carbonyl (C=O) groups is 1. The van der Waals surface area contributed by atoms with Gasteiger partial charge in [-0.3, -0.25) is 19.4 Å². The van der Waals surface area contributed by atoms with Crippen LogP contribution < -0.4 is 16.4 Å². The van der Waals surface area contributed by atoms with Gasteiger partial charge in [-0.25, -0.2) is 0 Å². The number of pyridine rings is 1. The number of carbonyl (C=O) groups excluding carboxylic acids is 1. The van der Waals surface area contributed by atoms with Gasteiger partial charge in [0.1, 0.15) is 0 Å². The van der Waals surface area contributed by atoms with E-state index in [2.05, 4.69) is 20.3 Å². The van der Waals surface area contributed by atoms with Crippen molar-refractivity contribution in [2.45, 2.75) is 25.0 Å². The zero-order chi connectivity index (χ0) is 19.0. The van der Waals surface area contributed by atoms with Crippen molar-refractivity contribution >= 4 is 16.9 Å². The molecule has 1 unspecified atom stereocenters. The molecule has 3 aromatic rings. The fourth-order valence-electron chi connectivity index (χ4n) is 3.38. The number of fused-ring (bicyclic) bond motifs is 1. The van der Waals surface area contributed by atoms with E-state index in [-0.39, 0.29) is 24.0 Å². The van der Waals surface area contributed by atoms with Crippen LogP contribution in [0.1, 0.15) is 34.9 Å². The average molecular weight is 366 g/mol. The molecule has 2 heterocycles. The highest BCUT2D eigenvalue weighted by Gasteiger charge is 2.36. The maximum absolute atomic E-state index is 12.8. The van der Waals surface area contributed by atoms with Crippen molar-refractivity contribution in [2.75, 3.05) is 0 Å². The summed E-state index contributed by atoms with van der Waals surface area (Å²) in [7, 11) is 0. The summed E-state index contributed by atoms with van der Waals surface area (Å²) in [6.45, 7) is 0. The quantitative estimate of drug-likeness (QED) is 0.509. The predicted octanol–water partition coefficient (Wildman–Crippen LogP) is 0.853. The van der Waals surface area contributed by atoms with Crippen LogP contribution in [-0.2, 0) is 0 Å². The molecule has 1 amide bonds. The smallest absolute Gasteiger partial charge is 0.314 e. The Balaban J connectivity index is 1.62. The zero-order valence-electron chi connectivity index (χ0n) is 14.3. The van der Waals surface area contributed by atoms with Crippen molar-refractivity contribution in [1.29, 1.82) is 0 Å². The third kappa shape index (κ3) is 3.39. The standard InChI is InChI=1S/C19H18N4O4/c24-12-7-11(8-12)16(14-3-1-2-6-20-14)23-17(25)10-4-5-13-15(9-10)22-19(27)18(26)21-13/h1-6,9,11-12,16,24H,7-8H2,(H,21,26)(H,22,27)(H,23,25). The Morgan fingerprint density at radius 3 is 2.52 bits per heavy atom. The van der Waals surface area contributed by atoms with E-state index >= 15 is 0 Å². The first kappa shape index (κ1) is 17.2. The van der Waals surface area contributed by atoms with Gasteiger partial charge in [-0.2, -0.15) is 0 Å². The molecule has 8 heteroatoms. The maximum atomic E-state index is 12.8. The Bertz CT molecular complexity index is 1100. The minimum absolute atomic E-state index is 0.107. The van der Waals surface area contributed by atoms with Crippen LogP contribution >= 0.6 is 0 Å². The number of hydrogen-bond acceptors (Lipinski definition) is 5. The van der Waals surface area contributed by atoms with E-state index in [0.29, 0.717) is 29.4 Å². The van der Waals surface area contributed by atoms with Crippen molar-refractivity contribution in [3.8, 4) is 0 Å². The Morgan fingerprint density at radius 1 is 1.11 bits per heavy atom. The van der Waals surface area contributed by atoms with E-state index in [1.807, 2.05) is 12.1 Å². The number of nitrogens with zero attached hydrogens (tertiary/aromatic N) is 1. The van der Waals surface area contributed by atoms with Gasteiger partial charge in [0.25, 0.3) is 5.91 Å². The van der Waals surface area contributed by atoms with Crippen molar-refractivity contribution in [2.24, 2.45) is 5.92 Å². The summed E-state index contributed by atoms with van der Waals surface area (Å²) in [6, 6.07) is 9.87. The lowest BCUT2D eigenvalue weighted by molar-refractivity contribution is 0.0228. The van der Waals surface area contributed by atoms with E-state index in [4.69, 9.17) is 0 Å². The number of benzene rings is 1. The number of nitrogens with one attached hydrogen (secondary N) is 3. The minimum atomic E-state index is -0.769. The molecule has 1 aliphatic carbocycles. The van der Waals surface area contributed by atoms with Crippen LogP contribution in [0.3, 0.4) is 0 Å². The first-order valence-electron chi connectivity index (χ1n) is 8.67. The summed E-state index contributed by atoms with van der Waals surface area (Å²) < 4.78 is 0. The SMILES string of the molecule is O=C(NC(c1ccccn1)C1CC(O)C1)c1ccc2[nH]c(=O)c(=O)[nH]c2c1. The summed E-state index contributed by atoms with van der Waals surface area (Å²) >= 11 is 0. The van der Waals surface area contributed by atoms with Gasteiger partial charge < -0.3 is 20.4 Å². The second-order valence-electron chi connectivity index (χ2n) is 6.76. The molecule has 27 heavy (non-hydrogen) atoms. The lowest BCUT2D eigenvalue weighted by Crippen LogP contribution is -2.41. The summed E-state index contributed by atoms with van der Waals surface area (Å²) in [5, 5.41) is 12.6. The van der Waals surface area contributed by atoms with Crippen LogP contribution in [-0.4, -0.2) is 32.1 Å². The van der Waals surface area contributed by atoms with Crippen molar-refractivity contribution in [3.05, 3.63) is 74.6 Å². The molecule has 0 spiro atoms. The molecule has 1 atom stereocenters. The van der Waals surface area contributed by atoms with Gasteiger partial charge in [-0.15, -0.1) is 0 Å². The van der Waals surface area contributed by atoms with Crippen LogP contribution in [0.4, 0.5) is 0 Å². The van der Waals surface area contributed by atoms with Gasteiger partial charge in [0.2, 0.25) is 0 Å². The average Bonchev–Trinajstić information content (AvgIpc) is 2.65. The third-order valence-electron chi connectivity index (χ3n) is 4.90. The van der Waals surface area contributed by atoms with Crippen LogP contribution in [0.25, 0.3) is 11.0 Å². The number of aliphatic hydroxyl groups is 1. The van der Waals surface area contributed by atoms with Crippen molar-refractivity contribution < 1.29 is 9.90 Å². The predicted molar refractivity (Wildman–Crippen MR) is 98.4 cm³/mol. The molecule has 2 aromatic heterocycles. The minimum Gasteiger partial charge on any atom is -0.393 e. The zero-order valence-corrected chi connectivity index (χ0v) is 14.3. The molecule has 0 saturated heterocycles. The number of aliphatic hydroxyl groups excluding tert-OH is 1. The summed E-state index contributed by atoms with van der Waals surface area (Å²) in [5.41, 5.74) is 0.404. The lowest BCUT2D eigenvalue weighted by atomic mass is 9.76. The molecule has 1 aliphatic rings. The topological polar surface area (TPSA) is 128 Å². The molecular formula is C19H18N4O4. The fraction of sp³-hybridized carbons (Fsp3) is 0.263. The number of aromatic nitrogens is 3. The second kappa shape index (κ2) is 6.81. The highest BCUT2D eigenvalue weighted by molar-refractivity contribution is 5.97. The Hall–Kier alpha value is -3.26. The number of aromatic amines is 2. The van der Waals surface area contributed by atoms with Gasteiger partial charge in [0, 0.05) is 11.8 Å². The van der Waals surface area contributed by atoms with Gasteiger partial charge in [-0.05, 0) is 49.1 Å². The highest BCUT2D eigenvalue weighted by atomic mass is 16.3. The lowest BCUT2D eigenvalue weighted by Gasteiger charge is -2.37. The third-order valence-corrected chi connectivity index (χ3v) is 4.90. The maximum Gasteiger partial charge on any atom is 0.314 e. The molecule has 1 fully saturated rings. The van der Waals surface area contributed by atoms with Crippen LogP contribution in [0.5, 0.6) is 0 Å². The first-order chi connectivity index (χ1) is 13.0. The van der Waals surface area contributed by atoms with Crippen molar-refractivity contribution in [3.63, 3.8) is 0 Å².